The molecule has 4 rings (SSSR count). The first-order valence-electron chi connectivity index (χ1n) is 8.31. The number of aromatic nitrogens is 3. The van der Waals surface area contributed by atoms with Crippen molar-refractivity contribution in [2.24, 2.45) is 0 Å². The van der Waals surface area contributed by atoms with E-state index in [1.165, 1.54) is 7.11 Å². The fraction of sp³-hybridized carbons (Fsp3) is 0.333. The van der Waals surface area contributed by atoms with E-state index in [0.29, 0.717) is 5.75 Å². The molecule has 25 heavy (non-hydrogen) atoms. The number of imidazole rings is 1. The third-order valence-electron chi connectivity index (χ3n) is 4.40. The Bertz CT molecular complexity index is 887. The second-order valence-corrected chi connectivity index (χ2v) is 6.02. The molecular weight excluding hydrogens is 320 g/mol. The summed E-state index contributed by atoms with van der Waals surface area (Å²) in [7, 11) is 1.53. The van der Waals surface area contributed by atoms with Gasteiger partial charge in [0.05, 0.1) is 19.4 Å². The van der Waals surface area contributed by atoms with E-state index < -0.39 is 0 Å². The number of anilines is 1. The smallest absolute Gasteiger partial charge is 0.161 e. The van der Waals surface area contributed by atoms with Crippen molar-refractivity contribution in [1.29, 1.82) is 0 Å². The molecule has 3 aromatic rings. The minimum absolute atomic E-state index is 0.102. The van der Waals surface area contributed by atoms with Crippen LogP contribution in [0.2, 0.25) is 0 Å². The van der Waals surface area contributed by atoms with Crippen LogP contribution in [0.3, 0.4) is 0 Å². The largest absolute Gasteiger partial charge is 0.504 e. The lowest BCUT2D eigenvalue weighted by Crippen LogP contribution is -2.19. The van der Waals surface area contributed by atoms with E-state index in [-0.39, 0.29) is 11.9 Å². The molecule has 2 N–H and O–H groups in total. The van der Waals surface area contributed by atoms with Crippen LogP contribution < -0.4 is 10.1 Å². The number of hydrogen-bond donors (Lipinski definition) is 2. The molecule has 1 atom stereocenters. The van der Waals surface area contributed by atoms with Crippen LogP contribution in [-0.2, 0) is 4.74 Å². The molecule has 130 valence electrons. The van der Waals surface area contributed by atoms with Crippen LogP contribution in [0.4, 0.5) is 5.82 Å². The fourth-order valence-electron chi connectivity index (χ4n) is 3.12. The van der Waals surface area contributed by atoms with Gasteiger partial charge in [0.2, 0.25) is 0 Å². The van der Waals surface area contributed by atoms with Gasteiger partial charge in [0.1, 0.15) is 11.5 Å². The Hall–Kier alpha value is -2.80. The van der Waals surface area contributed by atoms with Crippen LogP contribution in [0.25, 0.3) is 16.9 Å². The molecule has 3 heterocycles. The van der Waals surface area contributed by atoms with Gasteiger partial charge in [0, 0.05) is 31.1 Å². The molecule has 7 nitrogen and oxygen atoms in total. The Balaban J connectivity index is 1.75. The highest BCUT2D eigenvalue weighted by Gasteiger charge is 2.19. The molecule has 1 fully saturated rings. The molecule has 1 aromatic carbocycles. The van der Waals surface area contributed by atoms with Crippen molar-refractivity contribution in [3.63, 3.8) is 0 Å². The van der Waals surface area contributed by atoms with Gasteiger partial charge in [-0.1, -0.05) is 0 Å². The summed E-state index contributed by atoms with van der Waals surface area (Å²) < 4.78 is 12.9. The van der Waals surface area contributed by atoms with Crippen LogP contribution in [0, 0.1) is 0 Å². The minimum Gasteiger partial charge on any atom is -0.504 e. The van der Waals surface area contributed by atoms with Gasteiger partial charge in [-0.05, 0) is 31.0 Å². The number of benzene rings is 1. The lowest BCUT2D eigenvalue weighted by Gasteiger charge is -2.13. The number of aromatic hydroxyl groups is 1. The summed E-state index contributed by atoms with van der Waals surface area (Å²) in [5.41, 5.74) is 2.39. The van der Waals surface area contributed by atoms with E-state index >= 15 is 0 Å². The topological polar surface area (TPSA) is 80.9 Å². The molecule has 1 aliphatic rings. The van der Waals surface area contributed by atoms with Crippen LogP contribution >= 0.6 is 0 Å². The molecule has 0 spiro atoms. The van der Waals surface area contributed by atoms with E-state index in [4.69, 9.17) is 14.5 Å². The maximum absolute atomic E-state index is 9.85. The molecule has 1 saturated heterocycles. The Kier molecular flexibility index (Phi) is 4.15. The number of rotatable bonds is 5. The zero-order valence-corrected chi connectivity index (χ0v) is 14.0. The predicted octanol–water partition coefficient (Wildman–Crippen LogP) is 2.70. The van der Waals surface area contributed by atoms with Gasteiger partial charge in [-0.25, -0.2) is 4.98 Å². The first-order valence-corrected chi connectivity index (χ1v) is 8.31. The summed E-state index contributed by atoms with van der Waals surface area (Å²) in [6.07, 6.45) is 7.71. The quantitative estimate of drug-likeness (QED) is 0.743. The molecule has 0 amide bonds. The van der Waals surface area contributed by atoms with Crippen molar-refractivity contribution >= 4 is 11.5 Å². The molecule has 0 saturated carbocycles. The molecule has 0 bridgehead atoms. The molecule has 0 aliphatic carbocycles. The van der Waals surface area contributed by atoms with Crippen molar-refractivity contribution in [3.05, 3.63) is 36.8 Å². The molecule has 0 radical (unpaired) electrons. The summed E-state index contributed by atoms with van der Waals surface area (Å²) in [4.78, 5) is 8.84. The van der Waals surface area contributed by atoms with Gasteiger partial charge in [0.15, 0.2) is 17.1 Å². The Labute approximate surface area is 145 Å². The molecule has 1 aliphatic heterocycles. The highest BCUT2D eigenvalue weighted by molar-refractivity contribution is 5.77. The number of ether oxygens (including phenoxy) is 2. The number of phenolic OH excluding ortho intramolecular Hbond substituents is 1. The normalized spacial score (nSPS) is 17.1. The van der Waals surface area contributed by atoms with Gasteiger partial charge in [-0.3, -0.25) is 9.38 Å². The van der Waals surface area contributed by atoms with E-state index in [9.17, 15) is 5.11 Å². The zero-order valence-electron chi connectivity index (χ0n) is 14.0. The highest BCUT2D eigenvalue weighted by Crippen LogP contribution is 2.35. The SMILES string of the molecule is COc1cc(-c2nc3cnccn3c2NC[C@H]2CCCO2)ccc1O. The van der Waals surface area contributed by atoms with E-state index in [1.54, 1.807) is 24.5 Å². The standard InChI is InChI=1S/C18H20N4O3/c1-24-15-9-12(4-5-14(15)23)17-18(20-10-13-3-2-8-25-13)22-7-6-19-11-16(22)21-17/h4-7,9,11,13,20,23H,2-3,8,10H2,1H3/t13-/m1/s1. The van der Waals surface area contributed by atoms with Gasteiger partial charge >= 0.3 is 0 Å². The number of fused-ring (bicyclic) bond motifs is 1. The van der Waals surface area contributed by atoms with Crippen molar-refractivity contribution in [2.75, 3.05) is 25.6 Å². The van der Waals surface area contributed by atoms with Gasteiger partial charge in [-0.2, -0.15) is 0 Å². The van der Waals surface area contributed by atoms with E-state index in [0.717, 1.165) is 48.7 Å². The Morgan fingerprint density at radius 1 is 1.44 bits per heavy atom. The zero-order chi connectivity index (χ0) is 17.2. The molecule has 0 unspecified atom stereocenters. The second kappa shape index (κ2) is 6.60. The maximum atomic E-state index is 9.85. The van der Waals surface area contributed by atoms with Crippen molar-refractivity contribution < 1.29 is 14.6 Å². The van der Waals surface area contributed by atoms with Gasteiger partial charge < -0.3 is 19.9 Å². The summed E-state index contributed by atoms with van der Waals surface area (Å²) in [5, 5.41) is 13.3. The Morgan fingerprint density at radius 3 is 3.16 bits per heavy atom. The number of nitrogens with one attached hydrogen (secondary N) is 1. The van der Waals surface area contributed by atoms with Gasteiger partial charge in [0.25, 0.3) is 0 Å². The van der Waals surface area contributed by atoms with Crippen molar-refractivity contribution in [2.45, 2.75) is 18.9 Å². The average Bonchev–Trinajstić information content (AvgIpc) is 3.28. The third-order valence-corrected chi connectivity index (χ3v) is 4.40. The fourth-order valence-corrected chi connectivity index (χ4v) is 3.12. The number of hydrogen-bond acceptors (Lipinski definition) is 6. The number of nitrogens with zero attached hydrogens (tertiary/aromatic N) is 3. The van der Waals surface area contributed by atoms with Crippen LogP contribution in [0.15, 0.2) is 36.8 Å². The third kappa shape index (κ3) is 2.98. The lowest BCUT2D eigenvalue weighted by atomic mass is 10.1. The van der Waals surface area contributed by atoms with E-state index in [1.807, 2.05) is 16.7 Å². The molecule has 2 aromatic heterocycles. The summed E-state index contributed by atoms with van der Waals surface area (Å²) >= 11 is 0. The monoisotopic (exact) mass is 340 g/mol. The number of methoxy groups -OCH3 is 1. The van der Waals surface area contributed by atoms with Crippen LogP contribution in [0.5, 0.6) is 11.5 Å². The van der Waals surface area contributed by atoms with Crippen molar-refractivity contribution in [3.8, 4) is 22.8 Å². The van der Waals surface area contributed by atoms with Crippen LogP contribution in [0.1, 0.15) is 12.8 Å². The lowest BCUT2D eigenvalue weighted by molar-refractivity contribution is 0.120. The maximum Gasteiger partial charge on any atom is 0.161 e. The summed E-state index contributed by atoms with van der Waals surface area (Å²) in [6.45, 7) is 1.55. The highest BCUT2D eigenvalue weighted by atomic mass is 16.5. The first-order chi connectivity index (χ1) is 12.3. The molecule has 7 heteroatoms. The van der Waals surface area contributed by atoms with Crippen molar-refractivity contribution in [1.82, 2.24) is 14.4 Å². The van der Waals surface area contributed by atoms with Crippen LogP contribution in [-0.4, -0.2) is 45.8 Å². The minimum atomic E-state index is 0.102. The second-order valence-electron chi connectivity index (χ2n) is 6.02. The average molecular weight is 340 g/mol. The van der Waals surface area contributed by atoms with E-state index in [2.05, 4.69) is 10.3 Å². The van der Waals surface area contributed by atoms with Gasteiger partial charge in [-0.15, -0.1) is 0 Å². The predicted molar refractivity (Wildman–Crippen MR) is 94.1 cm³/mol. The summed E-state index contributed by atoms with van der Waals surface area (Å²) in [5.74, 6) is 1.39. The first kappa shape index (κ1) is 15.7. The molecular formula is C18H20N4O3. The summed E-state index contributed by atoms with van der Waals surface area (Å²) in [6, 6.07) is 5.21. The number of phenols is 1. The Morgan fingerprint density at radius 2 is 2.36 bits per heavy atom.